The van der Waals surface area contributed by atoms with Crippen molar-refractivity contribution < 1.29 is 17.6 Å². The summed E-state index contributed by atoms with van der Waals surface area (Å²) in [5.74, 6) is 0.598. The molecule has 0 aromatic rings. The molecule has 0 aliphatic carbocycles. The fraction of sp³-hybridized carbons (Fsp3) is 0.875. The van der Waals surface area contributed by atoms with Gasteiger partial charge in [-0.15, -0.1) is 23.2 Å². The number of aliphatic hydroxyl groups is 1. The normalized spacial score (nSPS) is 26.7. The Morgan fingerprint density at radius 3 is 2.57 bits per heavy atom. The number of allylic oxidation sites excluding steroid dienone is 2. The summed E-state index contributed by atoms with van der Waals surface area (Å²) in [6.45, 7) is 3.82. The van der Waals surface area contributed by atoms with Crippen LogP contribution in [0.15, 0.2) is 12.2 Å². The summed E-state index contributed by atoms with van der Waals surface area (Å²) < 4.78 is 17.2. The third-order valence-corrected chi connectivity index (χ3v) is 4.98. The molecule has 0 radical (unpaired) electrons. The Balaban J connectivity index is 2.75. The van der Waals surface area contributed by atoms with Crippen LogP contribution in [0.2, 0.25) is 0 Å². The average molecular weight is 481 g/mol. The summed E-state index contributed by atoms with van der Waals surface area (Å²) in [4.78, 5) is 0. The third-order valence-electron chi connectivity index (χ3n) is 3.99. The highest BCUT2D eigenvalue weighted by atomic mass is 127. The number of hydrogen-bond acceptors (Lipinski definition) is 4. The van der Waals surface area contributed by atoms with Gasteiger partial charge in [0.15, 0.2) is 12.1 Å². The van der Waals surface area contributed by atoms with Gasteiger partial charge in [0.25, 0.3) is 0 Å². The third kappa shape index (κ3) is 7.34. The zero-order valence-electron chi connectivity index (χ0n) is 13.7. The van der Waals surface area contributed by atoms with E-state index in [4.69, 9.17) is 35.7 Å². The summed E-state index contributed by atoms with van der Waals surface area (Å²) in [6.07, 6.45) is 6.96. The van der Waals surface area contributed by atoms with Crippen molar-refractivity contribution in [3.63, 3.8) is 0 Å². The zero-order valence-corrected chi connectivity index (χ0v) is 17.4. The van der Waals surface area contributed by atoms with E-state index in [1.807, 2.05) is 36.9 Å². The van der Waals surface area contributed by atoms with Crippen molar-refractivity contribution in [1.29, 1.82) is 0 Å². The molecule has 23 heavy (non-hydrogen) atoms. The maximum atomic E-state index is 9.84. The molecular formula is C16H27Cl2IO4. The first-order valence-electron chi connectivity index (χ1n) is 7.99. The highest BCUT2D eigenvalue weighted by Gasteiger charge is 2.47. The topological polar surface area (TPSA) is 47.9 Å². The number of hydrogen-bond donors (Lipinski definition) is 1. The van der Waals surface area contributed by atoms with Crippen molar-refractivity contribution in [2.24, 2.45) is 11.8 Å². The first kappa shape index (κ1) is 21.9. The van der Waals surface area contributed by atoms with Gasteiger partial charge in [0.2, 0.25) is 0 Å². The van der Waals surface area contributed by atoms with Crippen molar-refractivity contribution in [2.75, 3.05) is 18.4 Å². The van der Waals surface area contributed by atoms with Crippen LogP contribution in [0.25, 0.3) is 0 Å². The molecule has 1 saturated heterocycles. The maximum absolute atomic E-state index is 9.84. The van der Waals surface area contributed by atoms with Crippen molar-refractivity contribution in [3.8, 4) is 0 Å². The smallest absolute Gasteiger partial charge is 0.198 e. The molecule has 1 heterocycles. The molecule has 0 aromatic heterocycles. The molecule has 0 saturated carbocycles. The van der Waals surface area contributed by atoms with E-state index in [-0.39, 0.29) is 24.5 Å². The van der Waals surface area contributed by atoms with Gasteiger partial charge in [-0.25, -0.2) is 0 Å². The summed E-state index contributed by atoms with van der Waals surface area (Å²) in [5, 5.41) is 9.84. The monoisotopic (exact) mass is 480 g/mol. The van der Waals surface area contributed by atoms with Crippen LogP contribution in [0.1, 0.15) is 39.5 Å². The van der Waals surface area contributed by atoms with Crippen molar-refractivity contribution in [3.05, 3.63) is 12.2 Å². The lowest BCUT2D eigenvalue weighted by atomic mass is 9.83. The second-order valence-corrected chi connectivity index (χ2v) is 7.44. The van der Waals surface area contributed by atoms with E-state index in [9.17, 15) is 5.11 Å². The van der Waals surface area contributed by atoms with Crippen LogP contribution in [0.3, 0.4) is 0 Å². The van der Waals surface area contributed by atoms with Crippen molar-refractivity contribution in [2.45, 2.75) is 57.7 Å². The van der Waals surface area contributed by atoms with E-state index < -0.39 is 12.1 Å². The van der Waals surface area contributed by atoms with E-state index in [2.05, 4.69) is 12.2 Å². The number of aliphatic hydroxyl groups excluding tert-OH is 1. The van der Waals surface area contributed by atoms with Gasteiger partial charge in [0.05, 0.1) is 0 Å². The highest BCUT2D eigenvalue weighted by Crippen LogP contribution is 2.38. The summed E-state index contributed by atoms with van der Waals surface area (Å²) in [5.41, 5.74) is 0. The predicted octanol–water partition coefficient (Wildman–Crippen LogP) is 4.65. The van der Waals surface area contributed by atoms with Gasteiger partial charge in [0.1, 0.15) is 29.1 Å². The molecular weight excluding hydrogens is 454 g/mol. The maximum Gasteiger partial charge on any atom is 0.198 e. The molecule has 0 amide bonds. The molecule has 1 N–H and O–H groups in total. The Hall–Kier alpha value is 0.890. The minimum absolute atomic E-state index is 0.0533. The van der Waals surface area contributed by atoms with Crippen molar-refractivity contribution >= 4 is 46.2 Å². The van der Waals surface area contributed by atoms with E-state index in [0.717, 1.165) is 25.7 Å². The molecule has 0 bridgehead atoms. The highest BCUT2D eigenvalue weighted by molar-refractivity contribution is 14.1. The van der Waals surface area contributed by atoms with Gasteiger partial charge in [0, 0.05) is 18.4 Å². The number of rotatable bonds is 11. The average Bonchev–Trinajstić information content (AvgIpc) is 2.84. The van der Waals surface area contributed by atoms with Crippen molar-refractivity contribution in [1.82, 2.24) is 0 Å². The second kappa shape index (κ2) is 11.5. The molecule has 136 valence electrons. The van der Waals surface area contributed by atoms with Gasteiger partial charge in [-0.1, -0.05) is 12.2 Å². The molecule has 4 atom stereocenters. The van der Waals surface area contributed by atoms with E-state index >= 15 is 0 Å². The van der Waals surface area contributed by atoms with E-state index in [1.165, 1.54) is 0 Å². The Morgan fingerprint density at radius 1 is 1.26 bits per heavy atom. The van der Waals surface area contributed by atoms with Crippen LogP contribution in [-0.2, 0) is 12.5 Å². The van der Waals surface area contributed by atoms with E-state index in [1.54, 1.807) is 0 Å². The van der Waals surface area contributed by atoms with Crippen LogP contribution in [0, 0.1) is 11.8 Å². The summed E-state index contributed by atoms with van der Waals surface area (Å²) in [6, 6.07) is 0. The van der Waals surface area contributed by atoms with Gasteiger partial charge in [-0.05, 0) is 51.4 Å². The quantitative estimate of drug-likeness (QED) is 0.202. The number of alkyl halides is 2. The second-order valence-electron chi connectivity index (χ2n) is 6.18. The molecule has 1 aliphatic heterocycles. The molecule has 1 aliphatic rings. The van der Waals surface area contributed by atoms with Gasteiger partial charge >= 0.3 is 0 Å². The predicted molar refractivity (Wildman–Crippen MR) is 102 cm³/mol. The fourth-order valence-electron chi connectivity index (χ4n) is 2.88. The molecule has 4 unspecified atom stereocenters. The zero-order chi connectivity index (χ0) is 17.3. The molecule has 4 nitrogen and oxygen atoms in total. The van der Waals surface area contributed by atoms with Gasteiger partial charge < -0.3 is 14.6 Å². The minimum Gasteiger partial charge on any atom is -0.396 e. The molecule has 0 aromatic carbocycles. The lowest BCUT2D eigenvalue weighted by molar-refractivity contribution is -0.165. The van der Waals surface area contributed by atoms with Gasteiger partial charge in [-0.2, -0.15) is 0 Å². The van der Waals surface area contributed by atoms with Crippen LogP contribution in [0.4, 0.5) is 0 Å². The van der Waals surface area contributed by atoms with Crippen LogP contribution in [-0.4, -0.2) is 41.7 Å². The molecule has 0 spiro atoms. The van der Waals surface area contributed by atoms with Crippen LogP contribution < -0.4 is 0 Å². The Labute approximate surface area is 163 Å². The lowest BCUT2D eigenvalue weighted by Gasteiger charge is -2.30. The summed E-state index contributed by atoms with van der Waals surface area (Å²) >= 11 is 13.5. The first-order chi connectivity index (χ1) is 11.0. The number of ether oxygens (including phenoxy) is 2. The number of halogens is 3. The fourth-order valence-corrected chi connectivity index (χ4v) is 3.68. The molecule has 7 heteroatoms. The van der Waals surface area contributed by atoms with Crippen LogP contribution in [0.5, 0.6) is 0 Å². The Bertz CT molecular complexity index is 355. The summed E-state index contributed by atoms with van der Waals surface area (Å²) in [7, 11) is 0. The first-order valence-corrected chi connectivity index (χ1v) is 9.94. The Kier molecular flexibility index (Phi) is 11.0. The number of unbranched alkanes of at least 4 members (excludes halogenated alkanes) is 1. The lowest BCUT2D eigenvalue weighted by Crippen LogP contribution is -2.37. The van der Waals surface area contributed by atoms with Crippen LogP contribution >= 0.6 is 46.2 Å². The largest absolute Gasteiger partial charge is 0.396 e. The Morgan fingerprint density at radius 2 is 2.00 bits per heavy atom. The minimum atomic E-state index is -0.693. The molecule has 1 fully saturated rings. The molecule has 1 rings (SSSR count). The standard InChI is InChI=1S/C16H27Cl2IO4/c1-16(2)21-14(15(22-16)23-19)13(8-10-18)12(11-20)7-5-3-4-6-9-17/h3,5,12-15,20H,4,6-11H2,1-2H3/b5-3-. The van der Waals surface area contributed by atoms with Gasteiger partial charge in [-0.3, -0.25) is 3.07 Å². The SMILES string of the molecule is CC1(C)OC(OI)C(C(CCCl)C(CO)C/C=C\CCCCl)O1. The van der Waals surface area contributed by atoms with E-state index in [0.29, 0.717) is 11.8 Å².